The Morgan fingerprint density at radius 3 is 2.34 bits per heavy atom. The minimum atomic E-state index is -4.74. The molecule has 0 spiro atoms. The summed E-state index contributed by atoms with van der Waals surface area (Å²) in [5.74, 6) is -1.49. The number of hydrogen-bond donors (Lipinski definition) is 0. The molecule has 1 aliphatic rings. The number of amides is 2. The van der Waals surface area contributed by atoms with E-state index in [1.165, 1.54) is 29.0 Å². The molecule has 0 saturated carbocycles. The molecule has 0 radical (unpaired) electrons. The van der Waals surface area contributed by atoms with Crippen LogP contribution in [0, 0.1) is 0 Å². The number of urea groups is 1. The Kier molecular flexibility index (Phi) is 6.70. The van der Waals surface area contributed by atoms with Gasteiger partial charge in [-0.05, 0) is 29.8 Å². The van der Waals surface area contributed by atoms with Gasteiger partial charge in [-0.3, -0.25) is 4.90 Å². The molecule has 0 unspecified atom stereocenters. The smallest absolute Gasteiger partial charge is 0.470 e. The lowest BCUT2D eigenvalue weighted by Gasteiger charge is -2.33. The van der Waals surface area contributed by atoms with Crippen LogP contribution in [0.4, 0.5) is 23.7 Å². The molecule has 2 amide bonds. The van der Waals surface area contributed by atoms with Gasteiger partial charge < -0.3 is 14.1 Å². The Morgan fingerprint density at radius 1 is 1.09 bits per heavy atom. The summed E-state index contributed by atoms with van der Waals surface area (Å²) in [5.41, 5.74) is 1.44. The van der Waals surface area contributed by atoms with Gasteiger partial charge in [0.25, 0.3) is 0 Å². The molecule has 0 atom stereocenters. The number of sulfone groups is 1. The number of ether oxygens (including phenoxy) is 1. The van der Waals surface area contributed by atoms with E-state index in [9.17, 15) is 26.4 Å². The summed E-state index contributed by atoms with van der Waals surface area (Å²) in [6.45, 7) is 0.245. The SMILES string of the molecule is COc1ccccc1N(Cc1ccc(-c2nnc(C(F)(F)F)o2)cc1)C(=O)N1CCS(=O)(=O)CC1. The summed E-state index contributed by atoms with van der Waals surface area (Å²) in [6.07, 6.45) is -4.74. The van der Waals surface area contributed by atoms with Crippen LogP contribution in [-0.4, -0.2) is 61.3 Å². The second kappa shape index (κ2) is 9.56. The van der Waals surface area contributed by atoms with E-state index in [0.717, 1.165) is 0 Å². The molecule has 0 aliphatic carbocycles. The number of rotatable bonds is 5. The predicted molar refractivity (Wildman–Crippen MR) is 120 cm³/mol. The van der Waals surface area contributed by atoms with Crippen LogP contribution < -0.4 is 9.64 Å². The highest BCUT2D eigenvalue weighted by molar-refractivity contribution is 7.91. The zero-order valence-corrected chi connectivity index (χ0v) is 19.3. The molecule has 1 saturated heterocycles. The minimum absolute atomic E-state index is 0.0739. The Bertz CT molecular complexity index is 1300. The molecule has 9 nitrogen and oxygen atoms in total. The van der Waals surface area contributed by atoms with E-state index in [2.05, 4.69) is 10.2 Å². The largest absolute Gasteiger partial charge is 0.495 e. The molecule has 3 aromatic rings. The number of benzene rings is 2. The summed E-state index contributed by atoms with van der Waals surface area (Å²) in [6, 6.07) is 12.8. The molecule has 186 valence electrons. The van der Waals surface area contributed by atoms with Crippen molar-refractivity contribution in [3.63, 3.8) is 0 Å². The lowest BCUT2D eigenvalue weighted by molar-refractivity contribution is -0.156. The molecule has 2 heterocycles. The summed E-state index contributed by atoms with van der Waals surface area (Å²) in [4.78, 5) is 16.4. The molecular weight excluding hydrogens is 489 g/mol. The second-order valence-electron chi connectivity index (χ2n) is 7.79. The van der Waals surface area contributed by atoms with Crippen LogP contribution in [0.3, 0.4) is 0 Å². The third-order valence-electron chi connectivity index (χ3n) is 5.43. The van der Waals surface area contributed by atoms with Crippen LogP contribution >= 0.6 is 0 Å². The highest BCUT2D eigenvalue weighted by atomic mass is 32.2. The summed E-state index contributed by atoms with van der Waals surface area (Å²) < 4.78 is 71.9. The van der Waals surface area contributed by atoms with Crippen LogP contribution in [0.2, 0.25) is 0 Å². The van der Waals surface area contributed by atoms with Crippen molar-refractivity contribution in [3.8, 4) is 17.2 Å². The third-order valence-corrected chi connectivity index (χ3v) is 7.04. The van der Waals surface area contributed by atoms with Crippen LogP contribution in [0.25, 0.3) is 11.5 Å². The van der Waals surface area contributed by atoms with Gasteiger partial charge in [0.15, 0.2) is 9.84 Å². The quantitative estimate of drug-likeness (QED) is 0.516. The van der Waals surface area contributed by atoms with Gasteiger partial charge in [-0.2, -0.15) is 13.2 Å². The van der Waals surface area contributed by atoms with E-state index in [1.807, 2.05) is 0 Å². The van der Waals surface area contributed by atoms with Crippen molar-refractivity contribution in [2.24, 2.45) is 0 Å². The van der Waals surface area contributed by atoms with Gasteiger partial charge in [0.05, 0.1) is 30.8 Å². The standard InChI is InChI=1S/C22H21F3N4O5S/c1-33-18-5-3-2-4-17(18)29(21(30)28-10-12-35(31,32)13-11-28)14-15-6-8-16(9-7-15)19-26-27-20(34-19)22(23,24)25/h2-9H,10-14H2,1H3. The van der Waals surface area contributed by atoms with E-state index in [0.29, 0.717) is 17.0 Å². The monoisotopic (exact) mass is 510 g/mol. The van der Waals surface area contributed by atoms with Crippen molar-refractivity contribution < 1.29 is 35.5 Å². The molecule has 35 heavy (non-hydrogen) atoms. The van der Waals surface area contributed by atoms with Gasteiger partial charge in [0.1, 0.15) is 5.75 Å². The lowest BCUT2D eigenvalue weighted by atomic mass is 10.1. The molecule has 2 aromatic carbocycles. The highest BCUT2D eigenvalue weighted by Gasteiger charge is 2.38. The lowest BCUT2D eigenvalue weighted by Crippen LogP contribution is -2.49. The number of alkyl halides is 3. The average molecular weight is 510 g/mol. The zero-order chi connectivity index (χ0) is 25.2. The summed E-state index contributed by atoms with van der Waals surface area (Å²) >= 11 is 0. The topological polar surface area (TPSA) is 106 Å². The maximum atomic E-state index is 13.4. The van der Waals surface area contributed by atoms with Crippen LogP contribution in [0.1, 0.15) is 11.5 Å². The van der Waals surface area contributed by atoms with Crippen LogP contribution in [0.5, 0.6) is 5.75 Å². The Balaban J connectivity index is 1.59. The number of halogens is 3. The minimum Gasteiger partial charge on any atom is -0.495 e. The summed E-state index contributed by atoms with van der Waals surface area (Å²) in [7, 11) is -1.70. The third kappa shape index (κ3) is 5.56. The number of nitrogens with zero attached hydrogens (tertiary/aromatic N) is 4. The number of anilines is 1. The fourth-order valence-corrected chi connectivity index (χ4v) is 4.77. The van der Waals surface area contributed by atoms with Crippen molar-refractivity contribution >= 4 is 21.6 Å². The van der Waals surface area contributed by atoms with E-state index >= 15 is 0 Å². The van der Waals surface area contributed by atoms with Crippen LogP contribution in [-0.2, 0) is 22.6 Å². The zero-order valence-electron chi connectivity index (χ0n) is 18.5. The first-order valence-corrected chi connectivity index (χ1v) is 12.3. The Morgan fingerprint density at radius 2 is 1.74 bits per heavy atom. The molecule has 4 rings (SSSR count). The van der Waals surface area contributed by atoms with E-state index < -0.39 is 21.9 Å². The first-order chi connectivity index (χ1) is 16.6. The van der Waals surface area contributed by atoms with Crippen LogP contribution in [0.15, 0.2) is 52.9 Å². The van der Waals surface area contributed by atoms with Crippen molar-refractivity contribution in [2.75, 3.05) is 36.6 Å². The molecule has 1 aromatic heterocycles. The van der Waals surface area contributed by atoms with E-state index in [4.69, 9.17) is 9.15 Å². The molecular formula is C22H21F3N4O5S. The fraction of sp³-hybridized carbons (Fsp3) is 0.318. The maximum Gasteiger partial charge on any atom is 0.470 e. The van der Waals surface area contributed by atoms with Gasteiger partial charge in [0.2, 0.25) is 5.89 Å². The first-order valence-electron chi connectivity index (χ1n) is 10.5. The molecule has 1 aliphatic heterocycles. The number of methoxy groups -OCH3 is 1. The Labute approximate surface area is 199 Å². The fourth-order valence-electron chi connectivity index (χ4n) is 3.57. The number of para-hydroxylation sites is 2. The number of hydrogen-bond acceptors (Lipinski definition) is 7. The van der Waals surface area contributed by atoms with Crippen molar-refractivity contribution in [3.05, 3.63) is 60.0 Å². The highest BCUT2D eigenvalue weighted by Crippen LogP contribution is 2.32. The van der Waals surface area contributed by atoms with Gasteiger partial charge >= 0.3 is 18.1 Å². The van der Waals surface area contributed by atoms with E-state index in [-0.39, 0.29) is 48.6 Å². The summed E-state index contributed by atoms with van der Waals surface area (Å²) in [5, 5.41) is 6.46. The number of carbonyl (C=O) groups excluding carboxylic acids is 1. The van der Waals surface area contributed by atoms with Crippen molar-refractivity contribution in [1.82, 2.24) is 15.1 Å². The first kappa shape index (κ1) is 24.5. The Hall–Kier alpha value is -3.61. The molecule has 13 heteroatoms. The van der Waals surface area contributed by atoms with Gasteiger partial charge in [-0.1, -0.05) is 24.3 Å². The van der Waals surface area contributed by atoms with Gasteiger partial charge in [-0.25, -0.2) is 13.2 Å². The van der Waals surface area contributed by atoms with Crippen molar-refractivity contribution in [1.29, 1.82) is 0 Å². The number of carbonyl (C=O) groups is 1. The van der Waals surface area contributed by atoms with Gasteiger partial charge in [-0.15, -0.1) is 10.2 Å². The van der Waals surface area contributed by atoms with Gasteiger partial charge in [0, 0.05) is 18.7 Å². The molecule has 0 bridgehead atoms. The molecule has 0 N–H and O–H groups in total. The molecule has 1 fully saturated rings. The average Bonchev–Trinajstić information content (AvgIpc) is 3.34. The van der Waals surface area contributed by atoms with E-state index in [1.54, 1.807) is 36.4 Å². The normalized spacial score (nSPS) is 15.6. The van der Waals surface area contributed by atoms with Crippen molar-refractivity contribution in [2.45, 2.75) is 12.7 Å². The second-order valence-corrected chi connectivity index (χ2v) is 10.1. The predicted octanol–water partition coefficient (Wildman–Crippen LogP) is 3.62. The number of aromatic nitrogens is 2. The maximum absolute atomic E-state index is 13.4.